The van der Waals surface area contributed by atoms with E-state index in [0.717, 1.165) is 4.88 Å². The summed E-state index contributed by atoms with van der Waals surface area (Å²) in [4.78, 5) is 14.0. The molecule has 0 aliphatic rings. The van der Waals surface area contributed by atoms with E-state index in [9.17, 15) is 9.90 Å². The summed E-state index contributed by atoms with van der Waals surface area (Å²) in [5, 5.41) is 16.0. The van der Waals surface area contributed by atoms with E-state index in [4.69, 9.17) is 11.6 Å². The number of halogens is 1. The van der Waals surface area contributed by atoms with Gasteiger partial charge < -0.3 is 15.7 Å². The standard InChI is InChI=1S/C15H17ClN2O2S/c1-10-2-7-13(21-10)8-17-15(20)18-9-14(19)11-3-5-12(16)6-4-11/h2-7,14,19H,8-9H2,1H3,(H2,17,18,20). The number of carbonyl (C=O) groups excluding carboxylic acids is 1. The highest BCUT2D eigenvalue weighted by Crippen LogP contribution is 2.16. The van der Waals surface area contributed by atoms with E-state index in [2.05, 4.69) is 10.6 Å². The third kappa shape index (κ3) is 5.04. The summed E-state index contributed by atoms with van der Waals surface area (Å²) in [5.74, 6) is 0. The van der Waals surface area contributed by atoms with Crippen molar-refractivity contribution in [2.75, 3.05) is 6.54 Å². The Balaban J connectivity index is 1.74. The maximum absolute atomic E-state index is 11.7. The molecule has 1 aromatic carbocycles. The van der Waals surface area contributed by atoms with Gasteiger partial charge in [0, 0.05) is 21.3 Å². The molecule has 21 heavy (non-hydrogen) atoms. The number of urea groups is 1. The molecule has 0 saturated heterocycles. The molecule has 0 fully saturated rings. The Bertz CT molecular complexity index is 598. The SMILES string of the molecule is Cc1ccc(CNC(=O)NCC(O)c2ccc(Cl)cc2)s1. The van der Waals surface area contributed by atoms with Gasteiger partial charge in [0.05, 0.1) is 12.6 Å². The fraction of sp³-hybridized carbons (Fsp3) is 0.267. The molecule has 1 unspecified atom stereocenters. The molecule has 2 amide bonds. The molecular weight excluding hydrogens is 308 g/mol. The lowest BCUT2D eigenvalue weighted by molar-refractivity contribution is 0.173. The largest absolute Gasteiger partial charge is 0.387 e. The maximum Gasteiger partial charge on any atom is 0.315 e. The van der Waals surface area contributed by atoms with Crippen molar-refractivity contribution in [2.24, 2.45) is 0 Å². The monoisotopic (exact) mass is 324 g/mol. The predicted octanol–water partition coefficient (Wildman–Crippen LogP) is 3.24. The minimum Gasteiger partial charge on any atom is -0.387 e. The van der Waals surface area contributed by atoms with Crippen molar-refractivity contribution in [3.63, 3.8) is 0 Å². The Morgan fingerprint density at radius 3 is 2.57 bits per heavy atom. The van der Waals surface area contributed by atoms with Crippen LogP contribution in [0.25, 0.3) is 0 Å². The van der Waals surface area contributed by atoms with Gasteiger partial charge in [0.1, 0.15) is 0 Å². The summed E-state index contributed by atoms with van der Waals surface area (Å²) in [6.07, 6.45) is -0.753. The van der Waals surface area contributed by atoms with Gasteiger partial charge in [0.2, 0.25) is 0 Å². The summed E-state index contributed by atoms with van der Waals surface area (Å²) in [6.45, 7) is 2.66. The molecule has 0 aliphatic carbocycles. The molecule has 0 spiro atoms. The van der Waals surface area contributed by atoms with E-state index in [0.29, 0.717) is 17.1 Å². The van der Waals surface area contributed by atoms with Crippen LogP contribution >= 0.6 is 22.9 Å². The fourth-order valence-corrected chi connectivity index (χ4v) is 2.76. The summed E-state index contributed by atoms with van der Waals surface area (Å²) in [7, 11) is 0. The van der Waals surface area contributed by atoms with Crippen molar-refractivity contribution < 1.29 is 9.90 Å². The second kappa shape index (κ2) is 7.45. The first-order valence-electron chi connectivity index (χ1n) is 6.55. The van der Waals surface area contributed by atoms with Crippen molar-refractivity contribution >= 4 is 29.0 Å². The zero-order valence-corrected chi connectivity index (χ0v) is 13.2. The molecule has 1 atom stereocenters. The first kappa shape index (κ1) is 15.8. The van der Waals surface area contributed by atoms with E-state index in [-0.39, 0.29) is 12.6 Å². The van der Waals surface area contributed by atoms with Crippen molar-refractivity contribution in [1.29, 1.82) is 0 Å². The van der Waals surface area contributed by atoms with Crippen LogP contribution in [0.3, 0.4) is 0 Å². The van der Waals surface area contributed by atoms with E-state index in [1.807, 2.05) is 19.1 Å². The summed E-state index contributed by atoms with van der Waals surface area (Å²) in [6, 6.07) is 10.6. The Morgan fingerprint density at radius 2 is 1.95 bits per heavy atom. The summed E-state index contributed by atoms with van der Waals surface area (Å²) in [5.41, 5.74) is 0.716. The number of aliphatic hydroxyl groups is 1. The maximum atomic E-state index is 11.7. The van der Waals surface area contributed by atoms with Gasteiger partial charge in [-0.1, -0.05) is 23.7 Å². The fourth-order valence-electron chi connectivity index (χ4n) is 1.80. The summed E-state index contributed by atoms with van der Waals surface area (Å²) < 4.78 is 0. The lowest BCUT2D eigenvalue weighted by Crippen LogP contribution is -2.37. The van der Waals surface area contributed by atoms with Gasteiger partial charge in [0.15, 0.2) is 0 Å². The molecule has 0 saturated carbocycles. The number of carbonyl (C=O) groups is 1. The van der Waals surface area contributed by atoms with Crippen molar-refractivity contribution in [3.05, 3.63) is 56.7 Å². The average molecular weight is 325 g/mol. The van der Waals surface area contributed by atoms with Gasteiger partial charge in [-0.25, -0.2) is 4.79 Å². The smallest absolute Gasteiger partial charge is 0.315 e. The molecule has 2 aromatic rings. The van der Waals surface area contributed by atoms with Gasteiger partial charge in [-0.2, -0.15) is 0 Å². The minimum atomic E-state index is -0.753. The number of hydrogen-bond acceptors (Lipinski definition) is 3. The quantitative estimate of drug-likeness (QED) is 0.790. The lowest BCUT2D eigenvalue weighted by Gasteiger charge is -2.12. The molecular formula is C15H17ClN2O2S. The van der Waals surface area contributed by atoms with Gasteiger partial charge in [0.25, 0.3) is 0 Å². The van der Waals surface area contributed by atoms with Crippen LogP contribution in [0.2, 0.25) is 5.02 Å². The number of aryl methyl sites for hydroxylation is 1. The van der Waals surface area contributed by atoms with Gasteiger partial charge >= 0.3 is 6.03 Å². The molecule has 6 heteroatoms. The number of benzene rings is 1. The highest BCUT2D eigenvalue weighted by molar-refractivity contribution is 7.11. The number of rotatable bonds is 5. The highest BCUT2D eigenvalue weighted by Gasteiger charge is 2.09. The number of hydrogen-bond donors (Lipinski definition) is 3. The van der Waals surface area contributed by atoms with Crippen LogP contribution in [0.4, 0.5) is 4.79 Å². The van der Waals surface area contributed by atoms with Crippen molar-refractivity contribution in [2.45, 2.75) is 19.6 Å². The molecule has 3 N–H and O–H groups in total. The zero-order chi connectivity index (χ0) is 15.2. The van der Waals surface area contributed by atoms with Gasteiger partial charge in [-0.15, -0.1) is 11.3 Å². The first-order chi connectivity index (χ1) is 10.0. The van der Waals surface area contributed by atoms with Crippen LogP contribution in [0.5, 0.6) is 0 Å². The molecule has 4 nitrogen and oxygen atoms in total. The number of nitrogens with one attached hydrogen (secondary N) is 2. The normalized spacial score (nSPS) is 12.0. The topological polar surface area (TPSA) is 61.4 Å². The predicted molar refractivity (Wildman–Crippen MR) is 85.7 cm³/mol. The van der Waals surface area contributed by atoms with E-state index >= 15 is 0 Å². The Labute approximate surface area is 132 Å². The lowest BCUT2D eigenvalue weighted by atomic mass is 10.1. The highest BCUT2D eigenvalue weighted by atomic mass is 35.5. The average Bonchev–Trinajstić information content (AvgIpc) is 2.89. The molecule has 1 heterocycles. The van der Waals surface area contributed by atoms with Crippen molar-refractivity contribution in [1.82, 2.24) is 10.6 Å². The Morgan fingerprint density at radius 1 is 1.24 bits per heavy atom. The Kier molecular flexibility index (Phi) is 5.61. The first-order valence-corrected chi connectivity index (χ1v) is 7.74. The number of aliphatic hydroxyl groups excluding tert-OH is 1. The third-order valence-electron chi connectivity index (χ3n) is 2.93. The molecule has 2 rings (SSSR count). The molecule has 0 radical (unpaired) electrons. The van der Waals surface area contributed by atoms with Gasteiger partial charge in [-0.3, -0.25) is 0 Å². The molecule has 1 aromatic heterocycles. The molecule has 0 bridgehead atoms. The van der Waals surface area contributed by atoms with Crippen LogP contribution in [0.15, 0.2) is 36.4 Å². The van der Waals surface area contributed by atoms with Crippen LogP contribution in [-0.4, -0.2) is 17.7 Å². The summed E-state index contributed by atoms with van der Waals surface area (Å²) >= 11 is 7.43. The van der Waals surface area contributed by atoms with E-state index in [1.165, 1.54) is 4.88 Å². The minimum absolute atomic E-state index is 0.150. The number of thiophene rings is 1. The van der Waals surface area contributed by atoms with Crippen LogP contribution in [0, 0.1) is 6.92 Å². The molecule has 0 aliphatic heterocycles. The van der Waals surface area contributed by atoms with Gasteiger partial charge in [-0.05, 0) is 36.8 Å². The third-order valence-corrected chi connectivity index (χ3v) is 4.18. The number of amides is 2. The van der Waals surface area contributed by atoms with Crippen LogP contribution < -0.4 is 10.6 Å². The molecule has 112 valence electrons. The van der Waals surface area contributed by atoms with E-state index < -0.39 is 6.10 Å². The zero-order valence-electron chi connectivity index (χ0n) is 11.6. The van der Waals surface area contributed by atoms with Crippen LogP contribution in [-0.2, 0) is 6.54 Å². The van der Waals surface area contributed by atoms with E-state index in [1.54, 1.807) is 35.6 Å². The van der Waals surface area contributed by atoms with Crippen LogP contribution in [0.1, 0.15) is 21.4 Å². The Hall–Kier alpha value is -1.56. The second-order valence-electron chi connectivity index (χ2n) is 4.64. The second-order valence-corrected chi connectivity index (χ2v) is 6.45. The van der Waals surface area contributed by atoms with Crippen molar-refractivity contribution in [3.8, 4) is 0 Å².